The summed E-state index contributed by atoms with van der Waals surface area (Å²) in [4.78, 5) is 16.2. The fourth-order valence-electron chi connectivity index (χ4n) is 3.28. The summed E-state index contributed by atoms with van der Waals surface area (Å²) in [6, 6.07) is 11.6. The van der Waals surface area contributed by atoms with Crippen molar-refractivity contribution in [2.45, 2.75) is 50.8 Å². The molecule has 1 aromatic carbocycles. The van der Waals surface area contributed by atoms with Gasteiger partial charge in [0.05, 0.1) is 18.2 Å². The second-order valence-electron chi connectivity index (χ2n) is 6.66. The van der Waals surface area contributed by atoms with Crippen molar-refractivity contribution in [2.75, 3.05) is 0 Å². The van der Waals surface area contributed by atoms with Crippen LogP contribution in [0.1, 0.15) is 44.2 Å². The van der Waals surface area contributed by atoms with Crippen molar-refractivity contribution >= 4 is 6.03 Å². The lowest BCUT2D eigenvalue weighted by molar-refractivity contribution is 0.0941. The molecule has 0 aliphatic heterocycles. The number of carbonyl (C=O) groups excluding carboxylic acids is 1. The maximum atomic E-state index is 12.2. The van der Waals surface area contributed by atoms with Crippen LogP contribution in [0.25, 0.3) is 11.1 Å². The van der Waals surface area contributed by atoms with Crippen LogP contribution < -0.4 is 10.6 Å². The topological polar surface area (TPSA) is 74.2 Å². The SMILES string of the molecule is CC(NC(=O)NC1CCCCC1O)c1ccc(-c2ccncc2)cc1. The molecule has 25 heavy (non-hydrogen) atoms. The van der Waals surface area contributed by atoms with Crippen LogP contribution in [0.2, 0.25) is 0 Å². The molecule has 1 fully saturated rings. The first kappa shape index (κ1) is 17.4. The fraction of sp³-hybridized carbons (Fsp3) is 0.400. The predicted molar refractivity (Wildman–Crippen MR) is 98.0 cm³/mol. The largest absolute Gasteiger partial charge is 0.391 e. The van der Waals surface area contributed by atoms with E-state index >= 15 is 0 Å². The molecule has 5 heteroatoms. The van der Waals surface area contributed by atoms with Crippen molar-refractivity contribution < 1.29 is 9.90 Å². The zero-order valence-corrected chi connectivity index (χ0v) is 14.5. The Bertz CT molecular complexity index is 688. The zero-order valence-electron chi connectivity index (χ0n) is 14.5. The molecule has 0 spiro atoms. The first-order chi connectivity index (χ1) is 12.1. The third-order valence-electron chi connectivity index (χ3n) is 4.82. The molecule has 1 aromatic heterocycles. The number of aliphatic hydroxyl groups excluding tert-OH is 1. The van der Waals surface area contributed by atoms with Crippen molar-refractivity contribution in [2.24, 2.45) is 0 Å². The van der Waals surface area contributed by atoms with E-state index in [1.165, 1.54) is 0 Å². The number of aliphatic hydroxyl groups is 1. The molecule has 0 radical (unpaired) electrons. The molecule has 0 saturated heterocycles. The number of hydrogen-bond donors (Lipinski definition) is 3. The highest BCUT2D eigenvalue weighted by Crippen LogP contribution is 2.22. The second-order valence-corrected chi connectivity index (χ2v) is 6.66. The molecular formula is C20H25N3O2. The molecular weight excluding hydrogens is 314 g/mol. The van der Waals surface area contributed by atoms with Gasteiger partial charge in [-0.05, 0) is 48.6 Å². The Hall–Kier alpha value is -2.40. The van der Waals surface area contributed by atoms with E-state index in [2.05, 4.69) is 15.6 Å². The summed E-state index contributed by atoms with van der Waals surface area (Å²) < 4.78 is 0. The Morgan fingerprint density at radius 3 is 2.40 bits per heavy atom. The Morgan fingerprint density at radius 1 is 1.08 bits per heavy atom. The van der Waals surface area contributed by atoms with Gasteiger partial charge in [0, 0.05) is 12.4 Å². The van der Waals surface area contributed by atoms with Crippen LogP contribution in [0.15, 0.2) is 48.8 Å². The van der Waals surface area contributed by atoms with Crippen LogP contribution in [-0.4, -0.2) is 28.3 Å². The molecule has 2 amide bonds. The molecule has 5 nitrogen and oxygen atoms in total. The normalized spacial score (nSPS) is 21.4. The van der Waals surface area contributed by atoms with E-state index in [1.807, 2.05) is 43.3 Å². The van der Waals surface area contributed by atoms with E-state index in [9.17, 15) is 9.90 Å². The number of urea groups is 1. The summed E-state index contributed by atoms with van der Waals surface area (Å²) in [5.41, 5.74) is 3.27. The Kier molecular flexibility index (Phi) is 5.66. The molecule has 132 valence electrons. The van der Waals surface area contributed by atoms with Crippen LogP contribution in [0.4, 0.5) is 4.79 Å². The maximum absolute atomic E-state index is 12.2. The summed E-state index contributed by atoms with van der Waals surface area (Å²) in [6.07, 6.45) is 6.79. The number of amides is 2. The van der Waals surface area contributed by atoms with Crippen molar-refractivity contribution in [1.82, 2.24) is 15.6 Å². The van der Waals surface area contributed by atoms with Crippen LogP contribution >= 0.6 is 0 Å². The lowest BCUT2D eigenvalue weighted by Crippen LogP contribution is -2.49. The molecule has 3 N–H and O–H groups in total. The number of benzene rings is 1. The minimum atomic E-state index is -0.436. The highest BCUT2D eigenvalue weighted by Gasteiger charge is 2.24. The maximum Gasteiger partial charge on any atom is 0.315 e. The highest BCUT2D eigenvalue weighted by atomic mass is 16.3. The van der Waals surface area contributed by atoms with Crippen LogP contribution in [0.5, 0.6) is 0 Å². The van der Waals surface area contributed by atoms with Gasteiger partial charge in [0.1, 0.15) is 0 Å². The summed E-state index contributed by atoms with van der Waals surface area (Å²) in [5.74, 6) is 0. The number of nitrogens with zero attached hydrogens (tertiary/aromatic N) is 1. The number of pyridine rings is 1. The van der Waals surface area contributed by atoms with Gasteiger partial charge in [-0.3, -0.25) is 4.98 Å². The molecule has 1 aliphatic carbocycles. The van der Waals surface area contributed by atoms with Gasteiger partial charge in [-0.15, -0.1) is 0 Å². The van der Waals surface area contributed by atoms with Crippen molar-refractivity contribution in [3.8, 4) is 11.1 Å². The smallest absolute Gasteiger partial charge is 0.315 e. The predicted octanol–water partition coefficient (Wildman–Crippen LogP) is 3.41. The van der Waals surface area contributed by atoms with Crippen LogP contribution in [0, 0.1) is 0 Å². The van der Waals surface area contributed by atoms with E-state index < -0.39 is 6.10 Å². The molecule has 1 heterocycles. The molecule has 0 bridgehead atoms. The zero-order chi connectivity index (χ0) is 17.6. The summed E-state index contributed by atoms with van der Waals surface area (Å²) in [7, 11) is 0. The van der Waals surface area contributed by atoms with E-state index in [0.717, 1.165) is 42.4 Å². The summed E-state index contributed by atoms with van der Waals surface area (Å²) in [5, 5.41) is 15.8. The van der Waals surface area contributed by atoms with Gasteiger partial charge in [-0.25, -0.2) is 4.79 Å². The second kappa shape index (κ2) is 8.12. The number of aromatic nitrogens is 1. The number of nitrogens with one attached hydrogen (secondary N) is 2. The summed E-state index contributed by atoms with van der Waals surface area (Å²) in [6.45, 7) is 1.96. The Labute approximate surface area is 148 Å². The van der Waals surface area contributed by atoms with Gasteiger partial charge in [0.2, 0.25) is 0 Å². The van der Waals surface area contributed by atoms with Gasteiger partial charge in [0.25, 0.3) is 0 Å². The number of hydrogen-bond acceptors (Lipinski definition) is 3. The third-order valence-corrected chi connectivity index (χ3v) is 4.82. The van der Waals surface area contributed by atoms with E-state index in [0.29, 0.717) is 0 Å². The van der Waals surface area contributed by atoms with E-state index in [1.54, 1.807) is 12.4 Å². The molecule has 1 aliphatic rings. The fourth-order valence-corrected chi connectivity index (χ4v) is 3.28. The molecule has 3 unspecified atom stereocenters. The Morgan fingerprint density at radius 2 is 1.72 bits per heavy atom. The van der Waals surface area contributed by atoms with E-state index in [-0.39, 0.29) is 18.1 Å². The lowest BCUT2D eigenvalue weighted by Gasteiger charge is -2.29. The van der Waals surface area contributed by atoms with E-state index in [4.69, 9.17) is 0 Å². The van der Waals surface area contributed by atoms with Gasteiger partial charge in [0.15, 0.2) is 0 Å². The average molecular weight is 339 g/mol. The first-order valence-electron chi connectivity index (χ1n) is 8.89. The van der Waals surface area contributed by atoms with Crippen molar-refractivity contribution in [3.05, 3.63) is 54.4 Å². The standard InChI is InChI=1S/C20H25N3O2/c1-14(22-20(25)23-18-4-2-3-5-19(18)24)15-6-8-16(9-7-15)17-10-12-21-13-11-17/h6-14,18-19,24H,2-5H2,1H3,(H2,22,23,25). The van der Waals surface area contributed by atoms with Gasteiger partial charge in [-0.1, -0.05) is 37.1 Å². The Balaban J connectivity index is 1.57. The third kappa shape index (κ3) is 4.57. The van der Waals surface area contributed by atoms with Gasteiger partial charge in [-0.2, -0.15) is 0 Å². The van der Waals surface area contributed by atoms with Crippen molar-refractivity contribution in [1.29, 1.82) is 0 Å². The minimum Gasteiger partial charge on any atom is -0.391 e. The average Bonchev–Trinajstić information content (AvgIpc) is 2.64. The van der Waals surface area contributed by atoms with Gasteiger partial charge < -0.3 is 15.7 Å². The summed E-state index contributed by atoms with van der Waals surface area (Å²) >= 11 is 0. The quantitative estimate of drug-likeness (QED) is 0.799. The highest BCUT2D eigenvalue weighted by molar-refractivity contribution is 5.75. The van der Waals surface area contributed by atoms with Crippen LogP contribution in [-0.2, 0) is 0 Å². The molecule has 3 rings (SSSR count). The van der Waals surface area contributed by atoms with Gasteiger partial charge >= 0.3 is 6.03 Å². The van der Waals surface area contributed by atoms with Crippen LogP contribution in [0.3, 0.4) is 0 Å². The molecule has 1 saturated carbocycles. The molecule has 2 aromatic rings. The first-order valence-corrected chi connectivity index (χ1v) is 8.89. The number of rotatable bonds is 4. The minimum absolute atomic E-state index is 0.104. The monoisotopic (exact) mass is 339 g/mol. The van der Waals surface area contributed by atoms with Crippen molar-refractivity contribution in [3.63, 3.8) is 0 Å². The molecule has 3 atom stereocenters. The number of carbonyl (C=O) groups is 1. The lowest BCUT2D eigenvalue weighted by atomic mass is 9.93.